The van der Waals surface area contributed by atoms with Crippen LogP contribution in [0.3, 0.4) is 0 Å². The van der Waals surface area contributed by atoms with E-state index >= 15 is 0 Å². The number of aliphatic hydroxyl groups excluding tert-OH is 1. The number of fused-ring (bicyclic) bond motifs is 1. The van der Waals surface area contributed by atoms with Gasteiger partial charge in [0.2, 0.25) is 5.91 Å². The minimum atomic E-state index is -0.214. The van der Waals surface area contributed by atoms with Crippen LogP contribution in [0.15, 0.2) is 0 Å². The van der Waals surface area contributed by atoms with Crippen LogP contribution >= 0.6 is 0 Å². The van der Waals surface area contributed by atoms with E-state index in [9.17, 15) is 9.90 Å². The Morgan fingerprint density at radius 1 is 1.53 bits per heavy atom. The molecule has 0 aromatic rings. The van der Waals surface area contributed by atoms with Crippen molar-refractivity contribution < 1.29 is 9.90 Å². The first-order chi connectivity index (χ1) is 7.20. The summed E-state index contributed by atoms with van der Waals surface area (Å²) in [5.74, 6) is 0.315. The smallest absolute Gasteiger partial charge is 0.222 e. The van der Waals surface area contributed by atoms with Crippen molar-refractivity contribution >= 4 is 5.91 Å². The number of nitrogens with zero attached hydrogens (tertiary/aromatic N) is 2. The molecule has 2 rings (SSSR count). The minimum Gasteiger partial charge on any atom is -0.392 e. The average molecular weight is 212 g/mol. The molecule has 4 nitrogen and oxygen atoms in total. The van der Waals surface area contributed by atoms with Crippen molar-refractivity contribution in [2.24, 2.45) is 0 Å². The first-order valence-electron chi connectivity index (χ1n) is 5.90. The molecule has 1 N–H and O–H groups in total. The summed E-state index contributed by atoms with van der Waals surface area (Å²) < 4.78 is 0. The molecule has 0 saturated carbocycles. The second kappa shape index (κ2) is 4.49. The standard InChI is InChI=1S/C11H20N2O2/c1-2-10(14)8-12-5-6-13-9(7-12)3-4-11(13)15/h9-10,14H,2-8H2,1H3. The molecule has 0 spiro atoms. The predicted octanol–water partition coefficient (Wildman–Crippen LogP) is 0.0639. The minimum absolute atomic E-state index is 0.214. The highest BCUT2D eigenvalue weighted by Crippen LogP contribution is 2.22. The van der Waals surface area contributed by atoms with Gasteiger partial charge in [-0.15, -0.1) is 0 Å². The second-order valence-electron chi connectivity index (χ2n) is 4.60. The van der Waals surface area contributed by atoms with Crippen LogP contribution in [0.25, 0.3) is 0 Å². The van der Waals surface area contributed by atoms with Crippen LogP contribution < -0.4 is 0 Å². The fourth-order valence-electron chi connectivity index (χ4n) is 2.52. The molecule has 2 atom stereocenters. The summed E-state index contributed by atoms with van der Waals surface area (Å²) in [4.78, 5) is 15.7. The Morgan fingerprint density at radius 2 is 2.33 bits per heavy atom. The molecule has 0 bridgehead atoms. The van der Waals surface area contributed by atoms with Crippen LogP contribution in [-0.4, -0.2) is 59.1 Å². The summed E-state index contributed by atoms with van der Waals surface area (Å²) in [6, 6.07) is 0.412. The molecular weight excluding hydrogens is 192 g/mol. The van der Waals surface area contributed by atoms with Gasteiger partial charge >= 0.3 is 0 Å². The fraction of sp³-hybridized carbons (Fsp3) is 0.909. The van der Waals surface area contributed by atoms with E-state index in [1.54, 1.807) is 0 Å². The van der Waals surface area contributed by atoms with Gasteiger partial charge < -0.3 is 10.0 Å². The number of carbonyl (C=O) groups is 1. The molecule has 0 radical (unpaired) electrons. The lowest BCUT2D eigenvalue weighted by Crippen LogP contribution is -2.52. The Labute approximate surface area is 90.9 Å². The number of hydrogen-bond donors (Lipinski definition) is 1. The Morgan fingerprint density at radius 3 is 3.07 bits per heavy atom. The number of piperazine rings is 1. The average Bonchev–Trinajstić information content (AvgIpc) is 2.60. The molecule has 0 aromatic heterocycles. The molecule has 2 fully saturated rings. The van der Waals surface area contributed by atoms with Gasteiger partial charge in [-0.2, -0.15) is 0 Å². The maximum absolute atomic E-state index is 11.5. The van der Waals surface area contributed by atoms with Gasteiger partial charge in [0.1, 0.15) is 0 Å². The van der Waals surface area contributed by atoms with Crippen molar-refractivity contribution in [1.29, 1.82) is 0 Å². The molecule has 0 aromatic carbocycles. The number of aliphatic hydroxyl groups is 1. The zero-order valence-electron chi connectivity index (χ0n) is 9.35. The quantitative estimate of drug-likeness (QED) is 0.719. The zero-order valence-corrected chi connectivity index (χ0v) is 9.35. The first kappa shape index (κ1) is 10.9. The van der Waals surface area contributed by atoms with Gasteiger partial charge in [-0.1, -0.05) is 6.92 Å². The van der Waals surface area contributed by atoms with Gasteiger partial charge in [0.15, 0.2) is 0 Å². The highest BCUT2D eigenvalue weighted by molar-refractivity contribution is 5.78. The largest absolute Gasteiger partial charge is 0.392 e. The van der Waals surface area contributed by atoms with E-state index in [0.29, 0.717) is 11.9 Å². The lowest BCUT2D eigenvalue weighted by Gasteiger charge is -2.38. The number of hydrogen-bond acceptors (Lipinski definition) is 3. The molecule has 2 unspecified atom stereocenters. The van der Waals surface area contributed by atoms with Crippen molar-refractivity contribution in [3.63, 3.8) is 0 Å². The first-order valence-corrected chi connectivity index (χ1v) is 5.90. The van der Waals surface area contributed by atoms with Crippen molar-refractivity contribution in [1.82, 2.24) is 9.80 Å². The third-order valence-electron chi connectivity index (χ3n) is 3.52. The summed E-state index contributed by atoms with van der Waals surface area (Å²) in [5.41, 5.74) is 0. The van der Waals surface area contributed by atoms with Crippen LogP contribution in [0.5, 0.6) is 0 Å². The fourth-order valence-corrected chi connectivity index (χ4v) is 2.52. The van der Waals surface area contributed by atoms with Gasteiger partial charge in [0.05, 0.1) is 6.10 Å². The molecule has 1 amide bonds. The van der Waals surface area contributed by atoms with Crippen LogP contribution in [-0.2, 0) is 4.79 Å². The number of rotatable bonds is 3. The number of amides is 1. The Balaban J connectivity index is 1.85. The van der Waals surface area contributed by atoms with E-state index in [-0.39, 0.29) is 6.10 Å². The number of β-amino-alcohol motifs (C(OH)–C–C–N with tert-alkyl or cyclic N) is 1. The monoisotopic (exact) mass is 212 g/mol. The summed E-state index contributed by atoms with van der Waals surface area (Å²) in [6.45, 7) is 5.47. The van der Waals surface area contributed by atoms with E-state index < -0.39 is 0 Å². The molecule has 15 heavy (non-hydrogen) atoms. The van der Waals surface area contributed by atoms with Gasteiger partial charge in [-0.05, 0) is 12.8 Å². The van der Waals surface area contributed by atoms with Gasteiger partial charge in [-0.25, -0.2) is 0 Å². The SMILES string of the molecule is CCC(O)CN1CCN2C(=O)CCC2C1. The maximum Gasteiger partial charge on any atom is 0.222 e. The molecule has 2 heterocycles. The van der Waals surface area contributed by atoms with Gasteiger partial charge in [-0.3, -0.25) is 9.69 Å². The van der Waals surface area contributed by atoms with Crippen LogP contribution in [0, 0.1) is 0 Å². The van der Waals surface area contributed by atoms with E-state index in [2.05, 4.69) is 4.90 Å². The normalized spacial score (nSPS) is 29.3. The third-order valence-corrected chi connectivity index (χ3v) is 3.52. The summed E-state index contributed by atoms with van der Waals surface area (Å²) in [7, 11) is 0. The lowest BCUT2D eigenvalue weighted by molar-refractivity contribution is -0.130. The lowest BCUT2D eigenvalue weighted by atomic mass is 10.1. The summed E-state index contributed by atoms with van der Waals surface area (Å²) >= 11 is 0. The highest BCUT2D eigenvalue weighted by atomic mass is 16.3. The van der Waals surface area contributed by atoms with Gasteiger partial charge in [0, 0.05) is 38.6 Å². The Hall–Kier alpha value is -0.610. The maximum atomic E-state index is 11.5. The third kappa shape index (κ3) is 2.32. The summed E-state index contributed by atoms with van der Waals surface area (Å²) in [6.07, 6.45) is 2.31. The second-order valence-corrected chi connectivity index (χ2v) is 4.60. The van der Waals surface area contributed by atoms with Crippen LogP contribution in [0.2, 0.25) is 0 Å². The van der Waals surface area contributed by atoms with E-state index in [4.69, 9.17) is 0 Å². The molecular formula is C11H20N2O2. The Bertz CT molecular complexity index is 245. The van der Waals surface area contributed by atoms with Crippen molar-refractivity contribution in [2.75, 3.05) is 26.2 Å². The van der Waals surface area contributed by atoms with Crippen molar-refractivity contribution in [2.45, 2.75) is 38.3 Å². The summed E-state index contributed by atoms with van der Waals surface area (Å²) in [5, 5.41) is 9.58. The van der Waals surface area contributed by atoms with Crippen LogP contribution in [0.1, 0.15) is 26.2 Å². The van der Waals surface area contributed by atoms with Crippen molar-refractivity contribution in [3.8, 4) is 0 Å². The van der Waals surface area contributed by atoms with E-state index in [1.807, 2.05) is 11.8 Å². The van der Waals surface area contributed by atoms with Crippen molar-refractivity contribution in [3.05, 3.63) is 0 Å². The van der Waals surface area contributed by atoms with E-state index in [0.717, 1.165) is 45.4 Å². The predicted molar refractivity (Wildman–Crippen MR) is 57.5 cm³/mol. The molecule has 86 valence electrons. The highest BCUT2D eigenvalue weighted by Gasteiger charge is 2.35. The molecule has 2 aliphatic rings. The molecule has 4 heteroatoms. The van der Waals surface area contributed by atoms with Gasteiger partial charge in [0.25, 0.3) is 0 Å². The number of carbonyl (C=O) groups excluding carboxylic acids is 1. The van der Waals surface area contributed by atoms with E-state index in [1.165, 1.54) is 0 Å². The molecule has 2 aliphatic heterocycles. The van der Waals surface area contributed by atoms with Crippen LogP contribution in [0.4, 0.5) is 0 Å². The zero-order chi connectivity index (χ0) is 10.8. The molecule has 2 saturated heterocycles. The molecule has 0 aliphatic carbocycles. The Kier molecular flexibility index (Phi) is 3.26. The topological polar surface area (TPSA) is 43.8 Å².